The summed E-state index contributed by atoms with van der Waals surface area (Å²) < 4.78 is 34.1. The first-order valence-electron chi connectivity index (χ1n) is 28.9. The highest BCUT2D eigenvalue weighted by Gasteiger charge is 2.43. The Hall–Kier alpha value is -8.00. The number of aryl methyl sites for hydroxylation is 1. The van der Waals surface area contributed by atoms with Gasteiger partial charge in [0.15, 0.2) is 11.6 Å². The number of ether oxygens (including phenoxy) is 3. The van der Waals surface area contributed by atoms with Gasteiger partial charge in [-0.1, -0.05) is 63.8 Å². The van der Waals surface area contributed by atoms with Crippen molar-refractivity contribution < 1.29 is 42.6 Å². The smallest absolute Gasteiger partial charge is 0.246 e. The summed E-state index contributed by atoms with van der Waals surface area (Å²) in [5.74, 6) is -0.808. The fourth-order valence-electron chi connectivity index (χ4n) is 11.1. The molecule has 84 heavy (non-hydrogen) atoms. The summed E-state index contributed by atoms with van der Waals surface area (Å²) in [6.07, 6.45) is 10.0. The van der Waals surface area contributed by atoms with Gasteiger partial charge in [0.05, 0.1) is 87.2 Å². The molecular weight excluding hydrogens is 1070 g/mol. The second-order valence-electron chi connectivity index (χ2n) is 23.0. The molecule has 1 saturated heterocycles. The first-order chi connectivity index (χ1) is 40.3. The van der Waals surface area contributed by atoms with Crippen LogP contribution in [0.15, 0.2) is 84.9 Å². The number of allylic oxidation sites excluding steroid dienone is 2. The van der Waals surface area contributed by atoms with Crippen molar-refractivity contribution in [3.8, 4) is 23.1 Å². The van der Waals surface area contributed by atoms with Gasteiger partial charge >= 0.3 is 0 Å². The van der Waals surface area contributed by atoms with Crippen molar-refractivity contribution in [1.29, 1.82) is 5.26 Å². The molecule has 5 N–H and O–H groups in total. The summed E-state index contributed by atoms with van der Waals surface area (Å²) in [6.45, 7) is 13.8. The van der Waals surface area contributed by atoms with E-state index < -0.39 is 29.4 Å². The highest BCUT2D eigenvalue weighted by molar-refractivity contribution is 5.94. The minimum absolute atomic E-state index is 0.00861. The lowest BCUT2D eigenvalue weighted by molar-refractivity contribution is -0.147. The van der Waals surface area contributed by atoms with Crippen LogP contribution in [-0.4, -0.2) is 155 Å². The predicted molar refractivity (Wildman–Crippen MR) is 315 cm³/mol. The number of nitrogens with one attached hydrogen (secondary N) is 3. The van der Waals surface area contributed by atoms with Crippen LogP contribution in [0.5, 0.6) is 5.75 Å². The second kappa shape index (κ2) is 28.1. The summed E-state index contributed by atoms with van der Waals surface area (Å²) in [4.78, 5) is 84.8. The lowest BCUT2D eigenvalue weighted by Crippen LogP contribution is -2.62. The molecule has 5 heterocycles. The molecule has 0 radical (unpaired) electrons. The van der Waals surface area contributed by atoms with Gasteiger partial charge in [-0.25, -0.2) is 14.4 Å². The number of carbonyl (C=O) groups is 5. The van der Waals surface area contributed by atoms with E-state index in [2.05, 4.69) is 45.7 Å². The number of hydrogen-bond acceptors (Lipinski definition) is 15. The molecule has 4 aromatic rings. The number of carbonyl (C=O) groups excluding carboxylic acids is 5. The third-order valence-corrected chi connectivity index (χ3v) is 16.0. The number of nitrogens with zero attached hydrogens (tertiary/aromatic N) is 9. The fraction of sp³-hybridized carbons (Fsp3) is 0.500. The van der Waals surface area contributed by atoms with Crippen LogP contribution in [0.2, 0.25) is 0 Å². The van der Waals surface area contributed by atoms with Gasteiger partial charge in [-0.15, -0.1) is 0 Å². The summed E-state index contributed by atoms with van der Waals surface area (Å²) in [5.41, 5.74) is 11.6. The summed E-state index contributed by atoms with van der Waals surface area (Å²) >= 11 is 0. The number of benzene rings is 2. The van der Waals surface area contributed by atoms with E-state index in [9.17, 15) is 33.6 Å². The maximum Gasteiger partial charge on any atom is 0.246 e. The van der Waals surface area contributed by atoms with Gasteiger partial charge in [0.2, 0.25) is 29.5 Å². The first-order valence-corrected chi connectivity index (χ1v) is 28.9. The van der Waals surface area contributed by atoms with Crippen molar-refractivity contribution in [2.45, 2.75) is 129 Å². The number of nitriles is 1. The largest absolute Gasteiger partial charge is 0.491 e. The topological polar surface area (TPSA) is 256 Å². The van der Waals surface area contributed by atoms with Crippen LogP contribution in [0.4, 0.5) is 16.0 Å². The first kappa shape index (κ1) is 62.1. The van der Waals surface area contributed by atoms with E-state index in [1.807, 2.05) is 56.0 Å². The number of nitrogen functional groups attached to an aromatic ring is 1. The van der Waals surface area contributed by atoms with Crippen LogP contribution < -0.4 is 31.3 Å². The fourth-order valence-corrected chi connectivity index (χ4v) is 11.1. The van der Waals surface area contributed by atoms with Crippen LogP contribution in [0.25, 0.3) is 11.3 Å². The highest BCUT2D eigenvalue weighted by Crippen LogP contribution is 2.37. The van der Waals surface area contributed by atoms with Crippen LogP contribution in [0.3, 0.4) is 0 Å². The van der Waals surface area contributed by atoms with Crippen LogP contribution in [0.1, 0.15) is 106 Å². The molecule has 1 aliphatic carbocycles. The minimum Gasteiger partial charge on any atom is -0.491 e. The predicted octanol–water partition coefficient (Wildman–Crippen LogP) is 5.64. The normalized spacial score (nSPS) is 19.8. The third-order valence-electron chi connectivity index (χ3n) is 16.0. The molecule has 448 valence electrons. The van der Waals surface area contributed by atoms with Crippen molar-refractivity contribution in [3.63, 3.8) is 0 Å². The molecule has 5 atom stereocenters. The van der Waals surface area contributed by atoms with Crippen LogP contribution in [0, 0.1) is 16.7 Å². The molecule has 0 spiro atoms. The Kier molecular flexibility index (Phi) is 20.7. The zero-order valence-electron chi connectivity index (χ0n) is 49.4. The molecule has 2 bridgehead atoms. The molecule has 0 unspecified atom stereocenters. The Bertz CT molecular complexity index is 3180. The zero-order valence-corrected chi connectivity index (χ0v) is 49.4. The second-order valence-corrected chi connectivity index (χ2v) is 23.0. The maximum atomic E-state index is 15.0. The molecule has 4 aliphatic rings. The molecule has 8 rings (SSSR count). The molecule has 5 amide bonds. The average molecular weight is 1150 g/mol. The van der Waals surface area contributed by atoms with Gasteiger partial charge in [0.25, 0.3) is 0 Å². The molecule has 3 aliphatic heterocycles. The molecule has 2 aromatic heterocycles. The molecule has 2 aromatic carbocycles. The maximum absolute atomic E-state index is 15.0. The van der Waals surface area contributed by atoms with Crippen molar-refractivity contribution in [2.24, 2.45) is 5.41 Å². The van der Waals surface area contributed by atoms with Gasteiger partial charge < -0.3 is 55.5 Å². The van der Waals surface area contributed by atoms with Crippen LogP contribution in [-0.2, 0) is 65.9 Å². The summed E-state index contributed by atoms with van der Waals surface area (Å²) in [6, 6.07) is 13.4. The van der Waals surface area contributed by atoms with Crippen molar-refractivity contribution in [1.82, 2.24) is 50.4 Å². The van der Waals surface area contributed by atoms with Gasteiger partial charge in [-0.3, -0.25) is 28.7 Å². The number of halogens is 1. The third kappa shape index (κ3) is 15.0. The Morgan fingerprint density at radius 1 is 1.01 bits per heavy atom. The highest BCUT2D eigenvalue weighted by atomic mass is 19.1. The lowest BCUT2D eigenvalue weighted by Gasteiger charge is -2.41. The average Bonchev–Trinajstić information content (AvgIpc) is 3.17. The molecule has 22 heteroatoms. The Morgan fingerprint density at radius 3 is 2.54 bits per heavy atom. The summed E-state index contributed by atoms with van der Waals surface area (Å²) in [7, 11) is 4.94. The number of amides is 5. The SMILES string of the molecule is C=C1/C=C(F)\C=C/CC(=O)N(C)Cc2nn(CCN(C)C(=O)CCOCCOCCOc3ccc4c(c3)CN(C(=O)[C@@H](NC(=O)[C@H](C)NC)C(C)(C)C)[C@H](C(=O)N[C@@H]3CCCc5ccccc53)C4)c(C#N)c2-c2cnc(N)c(n2)N2CCC[C@H]12. The van der Waals surface area contributed by atoms with Gasteiger partial charge in [-0.05, 0) is 104 Å². The number of nitrogens with two attached hydrogens (primary N) is 1. The minimum atomic E-state index is -0.911. The standard InChI is InChI=1S/C62H80FN13O8/c1-39-32-44(63)16-12-20-53(77)73(8)38-49-55(48-36-67-57(65)58(68-48)74-24-13-19-50(39)74)52(35-64)76(71-49)26-25-72(7)54(78)23-27-82-28-29-83-30-31-84-45-22-21-42-34-51(60(80)69-47-18-11-15-41-14-9-10-17-46(41)47)75(37-43(42)33-45)61(81)56(62(3,4)5)70-59(79)40(2)66-6/h9-10,12,14,16-17,21-22,32-33,36,40,47,50-51,56,66H,1,11,13,15,18-20,23-31,34,37-38H2,2-8H3,(H2,65,67)(H,69,80)(H,70,79)/b16-12-,44-32+/t40-,47+,50+,51-,56+/m0/s1. The molecular formula is C62H80FN13O8. The van der Waals surface area contributed by atoms with E-state index in [1.54, 1.807) is 33.0 Å². The monoisotopic (exact) mass is 1150 g/mol. The Balaban J connectivity index is 0.827. The molecule has 21 nitrogen and oxygen atoms in total. The number of fused-ring (bicyclic) bond motifs is 8. The lowest BCUT2D eigenvalue weighted by atomic mass is 9.83. The van der Waals surface area contributed by atoms with E-state index in [4.69, 9.17) is 30.0 Å². The van der Waals surface area contributed by atoms with E-state index in [0.717, 1.165) is 42.4 Å². The van der Waals surface area contributed by atoms with Gasteiger partial charge in [-0.2, -0.15) is 10.4 Å². The van der Waals surface area contributed by atoms with Gasteiger partial charge in [0.1, 0.15) is 42.0 Å². The quantitative estimate of drug-likeness (QED) is 0.0830. The molecule has 1 fully saturated rings. The van der Waals surface area contributed by atoms with Crippen molar-refractivity contribution in [3.05, 3.63) is 119 Å². The number of likely N-dealkylation sites (N-methyl/N-ethyl adjacent to an activating group) is 2. The Morgan fingerprint density at radius 2 is 1.77 bits per heavy atom. The molecule has 0 saturated carbocycles. The van der Waals surface area contributed by atoms with E-state index in [0.29, 0.717) is 47.1 Å². The van der Waals surface area contributed by atoms with Crippen molar-refractivity contribution in [2.75, 3.05) is 77.9 Å². The zero-order chi connectivity index (χ0) is 60.2. The Labute approximate surface area is 491 Å². The number of hydrogen-bond donors (Lipinski definition) is 4. The van der Waals surface area contributed by atoms with Crippen LogP contribution >= 0.6 is 0 Å². The van der Waals surface area contributed by atoms with E-state index >= 15 is 0 Å². The summed E-state index contributed by atoms with van der Waals surface area (Å²) in [5, 5.41) is 24.6. The number of anilines is 2. The van der Waals surface area contributed by atoms with E-state index in [-0.39, 0.29) is 132 Å². The number of aromatic nitrogens is 4. The van der Waals surface area contributed by atoms with Gasteiger partial charge in [0, 0.05) is 46.6 Å². The number of rotatable bonds is 19. The van der Waals surface area contributed by atoms with Crippen molar-refractivity contribution >= 4 is 41.2 Å². The van der Waals surface area contributed by atoms with E-state index in [1.165, 1.54) is 44.5 Å².